The van der Waals surface area contributed by atoms with Crippen LogP contribution in [-0.2, 0) is 9.53 Å². The number of hydrogen-bond acceptors (Lipinski definition) is 3. The number of nitrogens with two attached hydrogens (primary N) is 1. The standard InChI is InChI=1S/C17H32N2O2/c1-12-15(18)9-8-14(17(12,2)3)16(20)19(4)11-13-7-5-6-10-21-13/h12-15H,5-11,18H2,1-4H3. The average molecular weight is 296 g/mol. The molecule has 2 aliphatic rings. The van der Waals surface area contributed by atoms with E-state index in [1.54, 1.807) is 0 Å². The SMILES string of the molecule is CC1C(N)CCC(C(=O)N(C)CC2CCCCO2)C1(C)C. The van der Waals surface area contributed by atoms with Crippen LogP contribution in [0.4, 0.5) is 0 Å². The predicted molar refractivity (Wildman–Crippen MR) is 84.9 cm³/mol. The second-order valence-electron chi connectivity index (χ2n) is 7.61. The van der Waals surface area contributed by atoms with E-state index in [1.165, 1.54) is 6.42 Å². The Labute approximate surface area is 129 Å². The van der Waals surface area contributed by atoms with E-state index in [9.17, 15) is 4.79 Å². The van der Waals surface area contributed by atoms with Crippen molar-refractivity contribution >= 4 is 5.91 Å². The van der Waals surface area contributed by atoms with E-state index in [1.807, 2.05) is 11.9 Å². The molecule has 2 rings (SSSR count). The molecule has 0 aromatic heterocycles. The Morgan fingerprint density at radius 3 is 2.62 bits per heavy atom. The summed E-state index contributed by atoms with van der Waals surface area (Å²) in [4.78, 5) is 14.8. The summed E-state index contributed by atoms with van der Waals surface area (Å²) in [5.74, 6) is 0.730. The van der Waals surface area contributed by atoms with Crippen LogP contribution in [0.25, 0.3) is 0 Å². The van der Waals surface area contributed by atoms with Gasteiger partial charge in [0.1, 0.15) is 0 Å². The van der Waals surface area contributed by atoms with Gasteiger partial charge in [0.25, 0.3) is 0 Å². The van der Waals surface area contributed by atoms with Crippen molar-refractivity contribution in [2.24, 2.45) is 23.0 Å². The average Bonchev–Trinajstić information content (AvgIpc) is 2.45. The van der Waals surface area contributed by atoms with Crippen LogP contribution >= 0.6 is 0 Å². The summed E-state index contributed by atoms with van der Waals surface area (Å²) in [6.45, 7) is 8.15. The number of ether oxygens (including phenoxy) is 1. The van der Waals surface area contributed by atoms with E-state index >= 15 is 0 Å². The van der Waals surface area contributed by atoms with Gasteiger partial charge in [-0.05, 0) is 43.4 Å². The van der Waals surface area contributed by atoms with Crippen molar-refractivity contribution in [3.8, 4) is 0 Å². The van der Waals surface area contributed by atoms with Gasteiger partial charge in [0.2, 0.25) is 5.91 Å². The molecule has 4 atom stereocenters. The Morgan fingerprint density at radius 2 is 2.00 bits per heavy atom. The lowest BCUT2D eigenvalue weighted by Crippen LogP contribution is -2.52. The monoisotopic (exact) mass is 296 g/mol. The molecule has 0 bridgehead atoms. The van der Waals surface area contributed by atoms with Crippen molar-refractivity contribution in [2.45, 2.75) is 65.0 Å². The zero-order valence-corrected chi connectivity index (χ0v) is 14.1. The third kappa shape index (κ3) is 3.59. The third-order valence-electron chi connectivity index (χ3n) is 5.93. The van der Waals surface area contributed by atoms with E-state index in [-0.39, 0.29) is 29.4 Å². The van der Waals surface area contributed by atoms with Gasteiger partial charge < -0.3 is 15.4 Å². The van der Waals surface area contributed by atoms with Gasteiger partial charge in [0.05, 0.1) is 6.10 Å². The second kappa shape index (κ2) is 6.66. The lowest BCUT2D eigenvalue weighted by atomic mass is 9.60. The molecule has 1 saturated carbocycles. The predicted octanol–water partition coefficient (Wildman–Crippen LogP) is 2.41. The topological polar surface area (TPSA) is 55.6 Å². The van der Waals surface area contributed by atoms with Crippen LogP contribution in [-0.4, -0.2) is 43.2 Å². The number of rotatable bonds is 3. The number of carbonyl (C=O) groups is 1. The first-order valence-corrected chi connectivity index (χ1v) is 8.46. The molecule has 1 aliphatic heterocycles. The van der Waals surface area contributed by atoms with Gasteiger partial charge in [-0.2, -0.15) is 0 Å². The summed E-state index contributed by atoms with van der Waals surface area (Å²) < 4.78 is 5.76. The van der Waals surface area contributed by atoms with Crippen LogP contribution in [0.15, 0.2) is 0 Å². The van der Waals surface area contributed by atoms with Crippen LogP contribution in [0.3, 0.4) is 0 Å². The zero-order chi connectivity index (χ0) is 15.6. The Balaban J connectivity index is 1.97. The molecule has 0 spiro atoms. The van der Waals surface area contributed by atoms with Crippen molar-refractivity contribution in [3.63, 3.8) is 0 Å². The van der Waals surface area contributed by atoms with Crippen LogP contribution in [0, 0.1) is 17.3 Å². The highest BCUT2D eigenvalue weighted by molar-refractivity contribution is 5.79. The third-order valence-corrected chi connectivity index (χ3v) is 5.93. The summed E-state index contributed by atoms with van der Waals surface area (Å²) in [6, 6.07) is 0.219. The smallest absolute Gasteiger partial charge is 0.226 e. The number of likely N-dealkylation sites (N-methyl/N-ethyl adjacent to an activating group) is 1. The normalized spacial score (nSPS) is 36.2. The number of amides is 1. The number of carbonyl (C=O) groups excluding carboxylic acids is 1. The molecule has 4 nitrogen and oxygen atoms in total. The minimum Gasteiger partial charge on any atom is -0.376 e. The van der Waals surface area contributed by atoms with Crippen LogP contribution < -0.4 is 5.73 Å². The van der Waals surface area contributed by atoms with E-state index in [0.717, 1.165) is 38.8 Å². The Bertz CT molecular complexity index is 364. The Morgan fingerprint density at radius 1 is 1.29 bits per heavy atom. The summed E-state index contributed by atoms with van der Waals surface area (Å²) >= 11 is 0. The van der Waals surface area contributed by atoms with E-state index in [4.69, 9.17) is 10.5 Å². The molecular formula is C17H32N2O2. The number of hydrogen-bond donors (Lipinski definition) is 1. The quantitative estimate of drug-likeness (QED) is 0.870. The minimum atomic E-state index is -0.0313. The largest absolute Gasteiger partial charge is 0.376 e. The fourth-order valence-electron chi connectivity index (χ4n) is 3.90. The summed E-state index contributed by atoms with van der Waals surface area (Å²) in [5, 5.41) is 0. The van der Waals surface area contributed by atoms with E-state index < -0.39 is 0 Å². The maximum Gasteiger partial charge on any atom is 0.226 e. The minimum absolute atomic E-state index is 0.0313. The van der Waals surface area contributed by atoms with Gasteiger partial charge >= 0.3 is 0 Å². The van der Waals surface area contributed by atoms with Gasteiger partial charge in [-0.3, -0.25) is 4.79 Å². The maximum absolute atomic E-state index is 12.9. The Kier molecular flexibility index (Phi) is 5.31. The number of nitrogens with zero attached hydrogens (tertiary/aromatic N) is 1. The van der Waals surface area contributed by atoms with Crippen molar-refractivity contribution < 1.29 is 9.53 Å². The summed E-state index contributed by atoms with van der Waals surface area (Å²) in [7, 11) is 1.93. The molecule has 1 heterocycles. The molecule has 0 aromatic rings. The fourth-order valence-corrected chi connectivity index (χ4v) is 3.90. The van der Waals surface area contributed by atoms with Gasteiger partial charge in [0.15, 0.2) is 0 Å². The zero-order valence-electron chi connectivity index (χ0n) is 14.1. The summed E-state index contributed by atoms with van der Waals surface area (Å²) in [5.41, 5.74) is 6.17. The lowest BCUT2D eigenvalue weighted by molar-refractivity contribution is -0.144. The van der Waals surface area contributed by atoms with Gasteiger partial charge in [-0.25, -0.2) is 0 Å². The van der Waals surface area contributed by atoms with E-state index in [0.29, 0.717) is 5.92 Å². The molecule has 1 aliphatic carbocycles. The van der Waals surface area contributed by atoms with Crippen LogP contribution in [0.2, 0.25) is 0 Å². The molecular weight excluding hydrogens is 264 g/mol. The molecule has 122 valence electrons. The summed E-state index contributed by atoms with van der Waals surface area (Å²) in [6.07, 6.45) is 5.53. The molecule has 4 unspecified atom stereocenters. The van der Waals surface area contributed by atoms with Gasteiger partial charge in [0, 0.05) is 32.2 Å². The second-order valence-corrected chi connectivity index (χ2v) is 7.61. The van der Waals surface area contributed by atoms with Crippen molar-refractivity contribution in [3.05, 3.63) is 0 Å². The molecule has 21 heavy (non-hydrogen) atoms. The van der Waals surface area contributed by atoms with Crippen molar-refractivity contribution in [1.82, 2.24) is 4.90 Å². The molecule has 2 N–H and O–H groups in total. The molecule has 4 heteroatoms. The molecule has 0 aromatic carbocycles. The van der Waals surface area contributed by atoms with Gasteiger partial charge in [-0.15, -0.1) is 0 Å². The maximum atomic E-state index is 12.9. The van der Waals surface area contributed by atoms with Crippen LogP contribution in [0.5, 0.6) is 0 Å². The molecule has 0 radical (unpaired) electrons. The molecule has 2 fully saturated rings. The van der Waals surface area contributed by atoms with Crippen molar-refractivity contribution in [2.75, 3.05) is 20.2 Å². The molecule has 1 saturated heterocycles. The lowest BCUT2D eigenvalue weighted by Gasteiger charge is -2.47. The first-order valence-electron chi connectivity index (χ1n) is 8.46. The fraction of sp³-hybridized carbons (Fsp3) is 0.941. The van der Waals surface area contributed by atoms with E-state index in [2.05, 4.69) is 20.8 Å². The highest BCUT2D eigenvalue weighted by Crippen LogP contribution is 2.45. The highest BCUT2D eigenvalue weighted by atomic mass is 16.5. The molecule has 1 amide bonds. The Hall–Kier alpha value is -0.610. The van der Waals surface area contributed by atoms with Gasteiger partial charge in [-0.1, -0.05) is 20.8 Å². The first kappa shape index (κ1) is 16.8. The first-order chi connectivity index (χ1) is 9.84. The van der Waals surface area contributed by atoms with Crippen LogP contribution in [0.1, 0.15) is 52.9 Å². The van der Waals surface area contributed by atoms with Crippen molar-refractivity contribution in [1.29, 1.82) is 0 Å². The highest BCUT2D eigenvalue weighted by Gasteiger charge is 2.45.